The Hall–Kier alpha value is -1.39. The summed E-state index contributed by atoms with van der Waals surface area (Å²) in [5.41, 5.74) is -0.852. The molecule has 0 bridgehead atoms. The van der Waals surface area contributed by atoms with Crippen LogP contribution in [-0.2, 0) is 10.9 Å². The van der Waals surface area contributed by atoms with Crippen molar-refractivity contribution >= 4 is 45.4 Å². The number of hydrogen-bond donors (Lipinski definition) is 0. The van der Waals surface area contributed by atoms with Gasteiger partial charge in [0.1, 0.15) is 0 Å². The second kappa shape index (κ2) is 7.08. The Morgan fingerprint density at radius 1 is 1.44 bits per heavy atom. The highest BCUT2D eigenvalue weighted by Gasteiger charge is 2.35. The fourth-order valence-corrected chi connectivity index (χ4v) is 4.79. The second-order valence-corrected chi connectivity index (χ2v) is 7.69. The Balaban J connectivity index is 1.77. The molecule has 3 rings (SSSR count). The highest BCUT2D eigenvalue weighted by atomic mass is 35.5. The summed E-state index contributed by atoms with van der Waals surface area (Å²) < 4.78 is 42.9. The number of carbonyl (C=O) groups is 1. The zero-order chi connectivity index (χ0) is 18.2. The van der Waals surface area contributed by atoms with E-state index in [1.165, 1.54) is 7.11 Å². The molecular weight excluding hydrogens is 399 g/mol. The molecule has 0 aliphatic carbocycles. The third-order valence-corrected chi connectivity index (χ3v) is 6.29. The van der Waals surface area contributed by atoms with Gasteiger partial charge in [-0.25, -0.2) is 14.8 Å². The van der Waals surface area contributed by atoms with Gasteiger partial charge in [0.2, 0.25) is 0 Å². The summed E-state index contributed by atoms with van der Waals surface area (Å²) >= 11 is 8.12. The van der Waals surface area contributed by atoms with Crippen LogP contribution in [0, 0.1) is 0 Å². The van der Waals surface area contributed by atoms with E-state index < -0.39 is 17.8 Å². The number of piperidine rings is 1. The van der Waals surface area contributed by atoms with Crippen molar-refractivity contribution in [2.75, 3.05) is 25.1 Å². The van der Waals surface area contributed by atoms with Crippen LogP contribution in [0.3, 0.4) is 0 Å². The molecular formula is C14H13ClF3N3O2S2. The maximum Gasteiger partial charge on any atom is 0.434 e. The molecule has 25 heavy (non-hydrogen) atoms. The van der Waals surface area contributed by atoms with Crippen LogP contribution in [0.25, 0.3) is 0 Å². The Morgan fingerprint density at radius 3 is 2.84 bits per heavy atom. The van der Waals surface area contributed by atoms with Crippen molar-refractivity contribution in [3.63, 3.8) is 0 Å². The van der Waals surface area contributed by atoms with Gasteiger partial charge in [0.25, 0.3) is 0 Å². The molecule has 3 heterocycles. The molecule has 1 aliphatic rings. The number of esters is 1. The van der Waals surface area contributed by atoms with Crippen LogP contribution in [0.1, 0.15) is 39.1 Å². The van der Waals surface area contributed by atoms with E-state index in [1.54, 1.807) is 0 Å². The van der Waals surface area contributed by atoms with Gasteiger partial charge < -0.3 is 9.64 Å². The fraction of sp³-hybridized carbons (Fsp3) is 0.500. The lowest BCUT2D eigenvalue weighted by atomic mass is 9.99. The van der Waals surface area contributed by atoms with Crippen molar-refractivity contribution in [2.45, 2.75) is 24.9 Å². The predicted molar refractivity (Wildman–Crippen MR) is 89.8 cm³/mol. The topological polar surface area (TPSA) is 55.3 Å². The van der Waals surface area contributed by atoms with E-state index in [1.807, 2.05) is 4.90 Å². The summed E-state index contributed by atoms with van der Waals surface area (Å²) in [5, 5.41) is 2.14. The number of alkyl halides is 3. The van der Waals surface area contributed by atoms with Crippen molar-refractivity contribution in [2.24, 2.45) is 0 Å². The summed E-state index contributed by atoms with van der Waals surface area (Å²) in [6.07, 6.45) is -2.89. The molecule has 1 saturated heterocycles. The molecule has 0 amide bonds. The average Bonchev–Trinajstić information content (AvgIpc) is 3.21. The lowest BCUT2D eigenvalue weighted by Crippen LogP contribution is -2.34. The molecule has 1 atom stereocenters. The zero-order valence-electron chi connectivity index (χ0n) is 13.0. The van der Waals surface area contributed by atoms with E-state index in [-0.39, 0.29) is 15.9 Å². The average molecular weight is 412 g/mol. The number of anilines is 1. The lowest BCUT2D eigenvalue weighted by Gasteiger charge is -2.31. The molecule has 1 aliphatic heterocycles. The summed E-state index contributed by atoms with van der Waals surface area (Å²) in [6.45, 7) is 1.17. The first-order valence-corrected chi connectivity index (χ1v) is 9.39. The van der Waals surface area contributed by atoms with Crippen molar-refractivity contribution in [3.8, 4) is 0 Å². The van der Waals surface area contributed by atoms with E-state index >= 15 is 0 Å². The van der Waals surface area contributed by atoms with Crippen molar-refractivity contribution in [3.05, 3.63) is 26.1 Å². The largest absolute Gasteiger partial charge is 0.465 e. The molecule has 0 spiro atoms. The van der Waals surface area contributed by atoms with Gasteiger partial charge in [-0.15, -0.1) is 11.3 Å². The minimum Gasteiger partial charge on any atom is -0.465 e. The Kier molecular flexibility index (Phi) is 5.21. The number of nitrogens with zero attached hydrogens (tertiary/aromatic N) is 3. The third-order valence-electron chi connectivity index (χ3n) is 3.80. The van der Waals surface area contributed by atoms with Crippen molar-refractivity contribution < 1.29 is 22.7 Å². The quantitative estimate of drug-likeness (QED) is 0.699. The molecule has 1 fully saturated rings. The molecule has 0 N–H and O–H groups in total. The smallest absolute Gasteiger partial charge is 0.434 e. The normalized spacial score (nSPS) is 18.4. The van der Waals surface area contributed by atoms with Crippen molar-refractivity contribution in [1.29, 1.82) is 0 Å². The molecule has 0 radical (unpaired) electrons. The van der Waals surface area contributed by atoms with E-state index in [0.717, 1.165) is 40.9 Å². The van der Waals surface area contributed by atoms with Crippen LogP contribution in [0.15, 0.2) is 5.38 Å². The summed E-state index contributed by atoms with van der Waals surface area (Å²) in [5.74, 6) is -0.670. The molecule has 5 nitrogen and oxygen atoms in total. The maximum absolute atomic E-state index is 12.7. The van der Waals surface area contributed by atoms with Crippen LogP contribution >= 0.6 is 34.3 Å². The first-order chi connectivity index (χ1) is 11.8. The first-order valence-electron chi connectivity index (χ1n) is 7.31. The fourth-order valence-electron chi connectivity index (χ4n) is 2.60. The first kappa shape index (κ1) is 18.4. The SMILES string of the molecule is COC(=O)c1sc(N2CCCC(c3nc(C(F)(F)F)cs3)C2)nc1Cl. The number of thiazole rings is 2. The molecule has 2 aromatic rings. The molecule has 11 heteroatoms. The summed E-state index contributed by atoms with van der Waals surface area (Å²) in [4.78, 5) is 21.7. The van der Waals surface area contributed by atoms with Crippen LogP contribution in [0.2, 0.25) is 5.15 Å². The highest BCUT2D eigenvalue weighted by molar-refractivity contribution is 7.18. The third kappa shape index (κ3) is 3.90. The van der Waals surface area contributed by atoms with Gasteiger partial charge in [0, 0.05) is 24.4 Å². The van der Waals surface area contributed by atoms with E-state index in [9.17, 15) is 18.0 Å². The van der Waals surface area contributed by atoms with Gasteiger partial charge in [0.05, 0.1) is 12.1 Å². The number of aromatic nitrogens is 2. The van der Waals surface area contributed by atoms with Gasteiger partial charge in [0.15, 0.2) is 20.9 Å². The Morgan fingerprint density at radius 2 is 2.20 bits per heavy atom. The van der Waals surface area contributed by atoms with Crippen LogP contribution < -0.4 is 4.90 Å². The second-order valence-electron chi connectivity index (χ2n) is 5.46. The molecule has 2 aromatic heterocycles. The number of hydrogen-bond acceptors (Lipinski definition) is 7. The zero-order valence-corrected chi connectivity index (χ0v) is 15.4. The molecule has 136 valence electrons. The minimum absolute atomic E-state index is 0.0718. The van der Waals surface area contributed by atoms with Gasteiger partial charge >= 0.3 is 12.1 Å². The highest BCUT2D eigenvalue weighted by Crippen LogP contribution is 2.37. The minimum atomic E-state index is -4.43. The van der Waals surface area contributed by atoms with Crippen LogP contribution in [0.4, 0.5) is 18.3 Å². The van der Waals surface area contributed by atoms with E-state index in [4.69, 9.17) is 11.6 Å². The lowest BCUT2D eigenvalue weighted by molar-refractivity contribution is -0.140. The predicted octanol–water partition coefficient (Wildman–Crippen LogP) is 4.44. The standard InChI is InChI=1S/C14H13ClF3N3O2S2/c1-23-12(22)9-10(15)20-13(25-9)21-4-2-3-7(5-21)11-19-8(6-24-11)14(16,17)18/h6-7H,2-5H2,1H3. The Labute approximate surface area is 154 Å². The maximum atomic E-state index is 12.7. The number of carbonyl (C=O) groups excluding carboxylic acids is 1. The van der Waals surface area contributed by atoms with Gasteiger partial charge in [-0.3, -0.25) is 0 Å². The number of halogens is 4. The monoisotopic (exact) mass is 411 g/mol. The number of ether oxygens (including phenoxy) is 1. The number of rotatable bonds is 3. The molecule has 1 unspecified atom stereocenters. The van der Waals surface area contributed by atoms with Crippen LogP contribution in [0.5, 0.6) is 0 Å². The number of methoxy groups -OCH3 is 1. The molecule has 0 aromatic carbocycles. The van der Waals surface area contributed by atoms with E-state index in [0.29, 0.717) is 23.2 Å². The summed E-state index contributed by atoms with van der Waals surface area (Å²) in [7, 11) is 1.26. The Bertz CT molecular complexity index is 778. The van der Waals surface area contributed by atoms with E-state index in [2.05, 4.69) is 14.7 Å². The van der Waals surface area contributed by atoms with Gasteiger partial charge in [-0.1, -0.05) is 22.9 Å². The van der Waals surface area contributed by atoms with Crippen molar-refractivity contribution in [1.82, 2.24) is 9.97 Å². The molecule has 0 saturated carbocycles. The van der Waals surface area contributed by atoms with Gasteiger partial charge in [-0.2, -0.15) is 13.2 Å². The van der Waals surface area contributed by atoms with Crippen LogP contribution in [-0.4, -0.2) is 36.1 Å². The summed E-state index contributed by atoms with van der Waals surface area (Å²) in [6, 6.07) is 0. The van der Waals surface area contributed by atoms with Gasteiger partial charge in [-0.05, 0) is 12.8 Å².